The Bertz CT molecular complexity index is 518. The largest absolute Gasteiger partial charge is 0.480 e. The van der Waals surface area contributed by atoms with Gasteiger partial charge < -0.3 is 20.5 Å². The highest BCUT2D eigenvalue weighted by molar-refractivity contribution is 5.93. The van der Waals surface area contributed by atoms with Crippen molar-refractivity contribution in [3.8, 4) is 0 Å². The minimum atomic E-state index is -1.01. The summed E-state index contributed by atoms with van der Waals surface area (Å²) >= 11 is 0. The van der Waals surface area contributed by atoms with Gasteiger partial charge in [0.15, 0.2) is 0 Å². The SMILES string of the molecule is O=C(C[C@H](NCCCN1CCOCC1)C(=O)O)Nc1ccccc1. The van der Waals surface area contributed by atoms with Crippen LogP contribution in [-0.2, 0) is 14.3 Å². The molecule has 0 unspecified atom stereocenters. The van der Waals surface area contributed by atoms with E-state index in [0.717, 1.165) is 39.3 Å². The summed E-state index contributed by atoms with van der Waals surface area (Å²) in [5, 5.41) is 14.9. The summed E-state index contributed by atoms with van der Waals surface area (Å²) in [4.78, 5) is 25.6. The normalized spacial score (nSPS) is 16.5. The third kappa shape index (κ3) is 6.66. The smallest absolute Gasteiger partial charge is 0.321 e. The molecule has 24 heavy (non-hydrogen) atoms. The molecular weight excluding hydrogens is 310 g/mol. The van der Waals surface area contributed by atoms with Gasteiger partial charge in [0.25, 0.3) is 0 Å². The molecule has 7 heteroatoms. The Morgan fingerprint density at radius 1 is 1.21 bits per heavy atom. The Balaban J connectivity index is 1.69. The maximum Gasteiger partial charge on any atom is 0.321 e. The van der Waals surface area contributed by atoms with Gasteiger partial charge in [-0.1, -0.05) is 18.2 Å². The first kappa shape index (κ1) is 18.4. The van der Waals surface area contributed by atoms with Crippen molar-refractivity contribution < 1.29 is 19.4 Å². The highest BCUT2D eigenvalue weighted by atomic mass is 16.5. The highest BCUT2D eigenvalue weighted by Crippen LogP contribution is 2.06. The van der Waals surface area contributed by atoms with Gasteiger partial charge in [0.05, 0.1) is 19.6 Å². The molecule has 2 rings (SSSR count). The molecule has 1 amide bonds. The summed E-state index contributed by atoms with van der Waals surface area (Å²) in [6, 6.07) is 8.14. The van der Waals surface area contributed by atoms with E-state index in [9.17, 15) is 14.7 Å². The highest BCUT2D eigenvalue weighted by Gasteiger charge is 2.20. The number of nitrogens with one attached hydrogen (secondary N) is 2. The molecule has 1 aromatic carbocycles. The number of nitrogens with zero attached hydrogens (tertiary/aromatic N) is 1. The number of rotatable bonds is 9. The molecule has 1 aliphatic rings. The zero-order chi connectivity index (χ0) is 17.2. The van der Waals surface area contributed by atoms with Crippen molar-refractivity contribution >= 4 is 17.6 Å². The van der Waals surface area contributed by atoms with Crippen LogP contribution >= 0.6 is 0 Å². The molecule has 0 spiro atoms. The first-order valence-electron chi connectivity index (χ1n) is 8.26. The lowest BCUT2D eigenvalue weighted by Gasteiger charge is -2.26. The zero-order valence-electron chi connectivity index (χ0n) is 13.7. The lowest BCUT2D eigenvalue weighted by molar-refractivity contribution is -0.141. The number of morpholine rings is 1. The number of anilines is 1. The number of carboxylic acid groups (broad SMARTS) is 1. The minimum absolute atomic E-state index is 0.0955. The molecule has 1 aromatic rings. The van der Waals surface area contributed by atoms with Gasteiger partial charge in [0, 0.05) is 18.8 Å². The summed E-state index contributed by atoms with van der Waals surface area (Å²) in [6.45, 7) is 4.81. The number of carboxylic acids is 1. The van der Waals surface area contributed by atoms with E-state index in [1.165, 1.54) is 0 Å². The predicted octanol–water partition coefficient (Wildman–Crippen LogP) is 0.780. The standard InChI is InChI=1S/C17H25N3O4/c21-16(19-14-5-2-1-3-6-14)13-15(17(22)23)18-7-4-8-20-9-11-24-12-10-20/h1-3,5-6,15,18H,4,7-13H2,(H,19,21)(H,22,23)/t15-/m0/s1. The van der Waals surface area contributed by atoms with Gasteiger partial charge in [-0.3, -0.25) is 14.5 Å². The number of benzene rings is 1. The summed E-state index contributed by atoms with van der Waals surface area (Å²) < 4.78 is 5.29. The van der Waals surface area contributed by atoms with E-state index in [4.69, 9.17) is 4.74 Å². The van der Waals surface area contributed by atoms with Crippen molar-refractivity contribution in [1.82, 2.24) is 10.2 Å². The van der Waals surface area contributed by atoms with Gasteiger partial charge in [0.2, 0.25) is 5.91 Å². The number of aliphatic carboxylic acids is 1. The summed E-state index contributed by atoms with van der Waals surface area (Å²) in [5.41, 5.74) is 0.666. The Morgan fingerprint density at radius 2 is 1.92 bits per heavy atom. The van der Waals surface area contributed by atoms with E-state index in [0.29, 0.717) is 12.2 Å². The first-order chi connectivity index (χ1) is 11.6. The van der Waals surface area contributed by atoms with Crippen molar-refractivity contribution in [1.29, 1.82) is 0 Å². The summed E-state index contributed by atoms with van der Waals surface area (Å²) in [7, 11) is 0. The molecule has 0 bridgehead atoms. The topological polar surface area (TPSA) is 90.9 Å². The molecule has 1 fully saturated rings. The minimum Gasteiger partial charge on any atom is -0.480 e. The van der Waals surface area contributed by atoms with Gasteiger partial charge in [-0.05, 0) is 31.6 Å². The van der Waals surface area contributed by atoms with Gasteiger partial charge in [-0.2, -0.15) is 0 Å². The van der Waals surface area contributed by atoms with Crippen LogP contribution in [0.25, 0.3) is 0 Å². The number of amides is 1. The van der Waals surface area contributed by atoms with Crippen molar-refractivity contribution in [2.75, 3.05) is 44.7 Å². The van der Waals surface area contributed by atoms with Gasteiger partial charge in [-0.15, -0.1) is 0 Å². The molecule has 1 heterocycles. The molecule has 0 saturated carbocycles. The number of para-hydroxylation sites is 1. The summed E-state index contributed by atoms with van der Waals surface area (Å²) in [5.74, 6) is -1.32. The fraction of sp³-hybridized carbons (Fsp3) is 0.529. The second kappa shape index (κ2) is 10.0. The summed E-state index contributed by atoms with van der Waals surface area (Å²) in [6.07, 6.45) is 0.742. The van der Waals surface area contributed by atoms with Gasteiger partial charge >= 0.3 is 5.97 Å². The Kier molecular flexibility index (Phi) is 7.67. The molecular formula is C17H25N3O4. The average Bonchev–Trinajstić information content (AvgIpc) is 2.59. The van der Waals surface area contributed by atoms with Crippen LogP contribution in [0, 0.1) is 0 Å². The van der Waals surface area contributed by atoms with Crippen LogP contribution in [0.4, 0.5) is 5.69 Å². The molecule has 0 aromatic heterocycles. The number of ether oxygens (including phenoxy) is 1. The van der Waals surface area contributed by atoms with Crippen LogP contribution in [0.5, 0.6) is 0 Å². The average molecular weight is 335 g/mol. The molecule has 1 saturated heterocycles. The quantitative estimate of drug-likeness (QED) is 0.578. The Labute approximate surface area is 142 Å². The number of hydrogen-bond acceptors (Lipinski definition) is 5. The molecule has 3 N–H and O–H groups in total. The van der Waals surface area contributed by atoms with Crippen LogP contribution in [-0.4, -0.2) is 67.3 Å². The molecule has 0 aliphatic carbocycles. The van der Waals surface area contributed by atoms with E-state index in [-0.39, 0.29) is 12.3 Å². The third-order valence-corrected chi connectivity index (χ3v) is 3.89. The Morgan fingerprint density at radius 3 is 2.58 bits per heavy atom. The second-order valence-corrected chi connectivity index (χ2v) is 5.77. The Hall–Kier alpha value is -1.96. The zero-order valence-corrected chi connectivity index (χ0v) is 13.7. The van der Waals surface area contributed by atoms with E-state index in [1.807, 2.05) is 18.2 Å². The lowest BCUT2D eigenvalue weighted by atomic mass is 10.2. The molecule has 132 valence electrons. The van der Waals surface area contributed by atoms with Crippen molar-refractivity contribution in [3.63, 3.8) is 0 Å². The maximum atomic E-state index is 12.0. The van der Waals surface area contributed by atoms with Gasteiger partial charge in [-0.25, -0.2) is 0 Å². The maximum absolute atomic E-state index is 12.0. The van der Waals surface area contributed by atoms with Crippen LogP contribution in [0.15, 0.2) is 30.3 Å². The van der Waals surface area contributed by atoms with E-state index in [1.54, 1.807) is 12.1 Å². The van der Waals surface area contributed by atoms with Crippen molar-refractivity contribution in [2.24, 2.45) is 0 Å². The monoisotopic (exact) mass is 335 g/mol. The molecule has 0 radical (unpaired) electrons. The van der Waals surface area contributed by atoms with Crippen molar-refractivity contribution in [2.45, 2.75) is 18.9 Å². The van der Waals surface area contributed by atoms with E-state index in [2.05, 4.69) is 15.5 Å². The fourth-order valence-electron chi connectivity index (χ4n) is 2.57. The van der Waals surface area contributed by atoms with E-state index >= 15 is 0 Å². The molecule has 7 nitrogen and oxygen atoms in total. The molecule has 1 atom stereocenters. The number of carbonyl (C=O) groups is 2. The first-order valence-corrected chi connectivity index (χ1v) is 8.26. The van der Waals surface area contributed by atoms with E-state index < -0.39 is 12.0 Å². The van der Waals surface area contributed by atoms with Crippen molar-refractivity contribution in [3.05, 3.63) is 30.3 Å². The number of carbonyl (C=O) groups excluding carboxylic acids is 1. The fourth-order valence-corrected chi connectivity index (χ4v) is 2.57. The predicted molar refractivity (Wildman–Crippen MR) is 91.0 cm³/mol. The lowest BCUT2D eigenvalue weighted by Crippen LogP contribution is -2.42. The van der Waals surface area contributed by atoms with Crippen LogP contribution in [0.3, 0.4) is 0 Å². The second-order valence-electron chi connectivity index (χ2n) is 5.77. The van der Waals surface area contributed by atoms with Crippen LogP contribution in [0.1, 0.15) is 12.8 Å². The van der Waals surface area contributed by atoms with Crippen LogP contribution in [0.2, 0.25) is 0 Å². The molecule has 1 aliphatic heterocycles. The number of hydrogen-bond donors (Lipinski definition) is 3. The third-order valence-electron chi connectivity index (χ3n) is 3.89. The van der Waals surface area contributed by atoms with Gasteiger partial charge in [0.1, 0.15) is 6.04 Å². The van der Waals surface area contributed by atoms with Crippen LogP contribution < -0.4 is 10.6 Å².